The maximum absolute atomic E-state index is 12.5. The van der Waals surface area contributed by atoms with Gasteiger partial charge in [0.25, 0.3) is 5.91 Å². The van der Waals surface area contributed by atoms with Crippen LogP contribution in [0.3, 0.4) is 0 Å². The predicted molar refractivity (Wildman–Crippen MR) is 111 cm³/mol. The molecule has 0 bridgehead atoms. The summed E-state index contributed by atoms with van der Waals surface area (Å²) in [6, 6.07) is 21.1. The number of hydrogen-bond donors (Lipinski definition) is 2. The summed E-state index contributed by atoms with van der Waals surface area (Å²) >= 11 is 3.40. The van der Waals surface area contributed by atoms with Crippen LogP contribution in [0, 0.1) is 0 Å². The number of rotatable bonds is 6. The van der Waals surface area contributed by atoms with E-state index in [0.29, 0.717) is 22.6 Å². The third-order valence-corrected chi connectivity index (χ3v) is 4.74. The zero-order valence-electron chi connectivity index (χ0n) is 15.2. The van der Waals surface area contributed by atoms with Crippen molar-refractivity contribution in [3.63, 3.8) is 0 Å². The zero-order valence-corrected chi connectivity index (χ0v) is 16.8. The van der Waals surface area contributed by atoms with Crippen molar-refractivity contribution < 1.29 is 14.3 Å². The molecule has 0 aliphatic heterocycles. The molecule has 6 heteroatoms. The highest BCUT2D eigenvalue weighted by Gasteiger charge is 2.12. The molecule has 3 N–H and O–H groups in total. The number of amides is 2. The number of halogens is 1. The number of ether oxygens (including phenoxy) is 1. The molecule has 0 radical (unpaired) electrons. The van der Waals surface area contributed by atoms with Crippen LogP contribution in [0.1, 0.15) is 39.2 Å². The number of hydrogen-bond acceptors (Lipinski definition) is 3. The van der Waals surface area contributed by atoms with Crippen molar-refractivity contribution in [2.24, 2.45) is 5.73 Å². The van der Waals surface area contributed by atoms with Crippen molar-refractivity contribution in [1.82, 2.24) is 5.32 Å². The molecule has 142 valence electrons. The Bertz CT molecular complexity index is 968. The third kappa shape index (κ3) is 4.98. The second kappa shape index (κ2) is 8.71. The van der Waals surface area contributed by atoms with Gasteiger partial charge >= 0.3 is 0 Å². The Labute approximate surface area is 171 Å². The Kier molecular flexibility index (Phi) is 6.11. The minimum atomic E-state index is -0.487. The predicted octanol–water partition coefficient (Wildman–Crippen LogP) is 4.83. The van der Waals surface area contributed by atoms with Gasteiger partial charge in [0.05, 0.1) is 6.04 Å². The van der Waals surface area contributed by atoms with Crippen LogP contribution in [0.25, 0.3) is 0 Å². The number of carbonyl (C=O) groups excluding carboxylic acids is 2. The number of benzene rings is 3. The summed E-state index contributed by atoms with van der Waals surface area (Å²) in [5.74, 6) is 0.516. The third-order valence-electron chi connectivity index (χ3n) is 4.21. The molecule has 3 aromatic rings. The number of primary amides is 1. The Morgan fingerprint density at radius 2 is 1.36 bits per heavy atom. The van der Waals surface area contributed by atoms with E-state index < -0.39 is 5.91 Å². The molecule has 0 spiro atoms. The van der Waals surface area contributed by atoms with Crippen molar-refractivity contribution in [1.29, 1.82) is 0 Å². The van der Waals surface area contributed by atoms with Gasteiger partial charge in [-0.3, -0.25) is 9.59 Å². The second-order valence-corrected chi connectivity index (χ2v) is 7.18. The van der Waals surface area contributed by atoms with Gasteiger partial charge in [0.1, 0.15) is 11.5 Å². The van der Waals surface area contributed by atoms with Gasteiger partial charge in [-0.1, -0.05) is 28.1 Å². The van der Waals surface area contributed by atoms with Crippen LogP contribution in [-0.2, 0) is 0 Å². The fourth-order valence-corrected chi connectivity index (χ4v) is 2.88. The topological polar surface area (TPSA) is 81.4 Å². The first-order chi connectivity index (χ1) is 13.4. The fraction of sp³-hybridized carbons (Fsp3) is 0.0909. The molecule has 0 fully saturated rings. The largest absolute Gasteiger partial charge is 0.457 e. The first-order valence-electron chi connectivity index (χ1n) is 8.66. The molecule has 0 aliphatic carbocycles. The molecule has 1 unspecified atom stereocenters. The van der Waals surface area contributed by atoms with Gasteiger partial charge in [-0.2, -0.15) is 0 Å². The number of nitrogens with one attached hydrogen (secondary N) is 1. The van der Waals surface area contributed by atoms with Crippen LogP contribution in [0.15, 0.2) is 77.3 Å². The Morgan fingerprint density at radius 3 is 1.86 bits per heavy atom. The van der Waals surface area contributed by atoms with Crippen LogP contribution >= 0.6 is 15.9 Å². The highest BCUT2D eigenvalue weighted by atomic mass is 79.9. The van der Waals surface area contributed by atoms with Crippen LogP contribution in [0.5, 0.6) is 11.5 Å². The molecule has 1 atom stereocenters. The molecular formula is C22H19BrN2O3. The number of nitrogens with two attached hydrogens (primary N) is 1. The molecule has 2 amide bonds. The lowest BCUT2D eigenvalue weighted by molar-refractivity contribution is 0.0938. The number of carbonyl (C=O) groups is 2. The molecule has 5 nitrogen and oxygen atoms in total. The maximum atomic E-state index is 12.5. The maximum Gasteiger partial charge on any atom is 0.251 e. The van der Waals surface area contributed by atoms with Crippen LogP contribution < -0.4 is 15.8 Å². The average molecular weight is 439 g/mol. The molecule has 0 heterocycles. The fourth-order valence-electron chi connectivity index (χ4n) is 2.61. The first kappa shape index (κ1) is 19.6. The molecule has 0 aliphatic rings. The van der Waals surface area contributed by atoms with E-state index in [1.54, 1.807) is 48.5 Å². The van der Waals surface area contributed by atoms with Gasteiger partial charge in [0.15, 0.2) is 0 Å². The van der Waals surface area contributed by atoms with Gasteiger partial charge in [-0.05, 0) is 73.2 Å². The standard InChI is InChI=1S/C22H19BrN2O3/c1-14(15-2-8-18(23)9-3-15)25-22(27)17-6-12-20(13-7-17)28-19-10-4-16(5-11-19)21(24)26/h2-14H,1H3,(H2,24,26)(H,25,27). The van der Waals surface area contributed by atoms with Gasteiger partial charge in [-0.25, -0.2) is 0 Å². The quantitative estimate of drug-likeness (QED) is 0.577. The minimum Gasteiger partial charge on any atom is -0.457 e. The van der Waals surface area contributed by atoms with E-state index >= 15 is 0 Å². The van der Waals surface area contributed by atoms with Gasteiger partial charge in [-0.15, -0.1) is 0 Å². The normalized spacial score (nSPS) is 11.5. The molecule has 3 rings (SSSR count). The highest BCUT2D eigenvalue weighted by Crippen LogP contribution is 2.23. The van der Waals surface area contributed by atoms with E-state index in [2.05, 4.69) is 21.2 Å². The summed E-state index contributed by atoms with van der Waals surface area (Å²) in [6.45, 7) is 1.94. The van der Waals surface area contributed by atoms with E-state index in [1.807, 2.05) is 31.2 Å². The Balaban J connectivity index is 1.62. The summed E-state index contributed by atoms with van der Waals surface area (Å²) in [6.07, 6.45) is 0. The average Bonchev–Trinajstić information content (AvgIpc) is 2.69. The summed E-state index contributed by atoms with van der Waals surface area (Å²) in [7, 11) is 0. The molecule has 0 saturated heterocycles. The Morgan fingerprint density at radius 1 is 0.857 bits per heavy atom. The van der Waals surface area contributed by atoms with Crippen LogP contribution in [0.2, 0.25) is 0 Å². The van der Waals surface area contributed by atoms with Gasteiger partial charge in [0, 0.05) is 15.6 Å². The van der Waals surface area contributed by atoms with Crippen molar-refractivity contribution in [3.05, 3.63) is 94.0 Å². The van der Waals surface area contributed by atoms with Crippen molar-refractivity contribution in [3.8, 4) is 11.5 Å². The first-order valence-corrected chi connectivity index (χ1v) is 9.46. The SMILES string of the molecule is CC(NC(=O)c1ccc(Oc2ccc(C(N)=O)cc2)cc1)c1ccc(Br)cc1. The zero-order chi connectivity index (χ0) is 20.1. The summed E-state index contributed by atoms with van der Waals surface area (Å²) in [5.41, 5.74) is 7.20. The lowest BCUT2D eigenvalue weighted by Crippen LogP contribution is -2.26. The van der Waals surface area contributed by atoms with Crippen molar-refractivity contribution in [2.45, 2.75) is 13.0 Å². The molecule has 3 aromatic carbocycles. The van der Waals surface area contributed by atoms with E-state index in [1.165, 1.54) is 0 Å². The van der Waals surface area contributed by atoms with Crippen LogP contribution in [0.4, 0.5) is 0 Å². The molecular weight excluding hydrogens is 420 g/mol. The molecule has 0 aromatic heterocycles. The van der Waals surface area contributed by atoms with Crippen molar-refractivity contribution in [2.75, 3.05) is 0 Å². The molecule has 0 saturated carbocycles. The monoisotopic (exact) mass is 438 g/mol. The smallest absolute Gasteiger partial charge is 0.251 e. The Hall–Kier alpha value is -3.12. The van der Waals surface area contributed by atoms with E-state index in [4.69, 9.17) is 10.5 Å². The van der Waals surface area contributed by atoms with Crippen LogP contribution in [-0.4, -0.2) is 11.8 Å². The summed E-state index contributed by atoms with van der Waals surface area (Å²) < 4.78 is 6.72. The van der Waals surface area contributed by atoms with Gasteiger partial charge < -0.3 is 15.8 Å². The second-order valence-electron chi connectivity index (χ2n) is 6.26. The summed E-state index contributed by atoms with van der Waals surface area (Å²) in [4.78, 5) is 23.6. The van der Waals surface area contributed by atoms with E-state index in [9.17, 15) is 9.59 Å². The lowest BCUT2D eigenvalue weighted by atomic mass is 10.1. The van der Waals surface area contributed by atoms with Gasteiger partial charge in [0.2, 0.25) is 5.91 Å². The summed E-state index contributed by atoms with van der Waals surface area (Å²) in [5, 5.41) is 2.98. The van der Waals surface area contributed by atoms with Crippen molar-refractivity contribution >= 4 is 27.7 Å². The lowest BCUT2D eigenvalue weighted by Gasteiger charge is -2.15. The molecule has 28 heavy (non-hydrogen) atoms. The van der Waals surface area contributed by atoms with E-state index in [0.717, 1.165) is 10.0 Å². The minimum absolute atomic E-state index is 0.111. The van der Waals surface area contributed by atoms with E-state index in [-0.39, 0.29) is 11.9 Å². The highest BCUT2D eigenvalue weighted by molar-refractivity contribution is 9.10.